The molecule has 0 spiro atoms. The molecule has 0 amide bonds. The van der Waals surface area contributed by atoms with Gasteiger partial charge in [0.05, 0.1) is 15.5 Å². The highest BCUT2D eigenvalue weighted by Crippen LogP contribution is 2.29. The van der Waals surface area contributed by atoms with Gasteiger partial charge in [0, 0.05) is 31.8 Å². The van der Waals surface area contributed by atoms with Crippen LogP contribution in [0.1, 0.15) is 18.9 Å². The molecule has 1 N–H and O–H groups in total. The molecule has 1 aromatic carbocycles. The Morgan fingerprint density at radius 3 is 2.72 bits per heavy atom. The first-order valence-electron chi connectivity index (χ1n) is 5.81. The van der Waals surface area contributed by atoms with E-state index in [1.165, 1.54) is 12.1 Å². The van der Waals surface area contributed by atoms with Crippen molar-refractivity contribution >= 4 is 17.3 Å². The van der Waals surface area contributed by atoms with Gasteiger partial charge in [-0.3, -0.25) is 15.0 Å². The predicted molar refractivity (Wildman–Crippen MR) is 68.6 cm³/mol. The Morgan fingerprint density at radius 2 is 2.22 bits per heavy atom. The van der Waals surface area contributed by atoms with Crippen molar-refractivity contribution in [1.29, 1.82) is 0 Å². The first kappa shape index (κ1) is 13.3. The SMILES string of the molecule is CCC1(O)CN(Cc2ccc([N+](=O)[O-])cc2Cl)C1. The molecule has 18 heavy (non-hydrogen) atoms. The summed E-state index contributed by atoms with van der Waals surface area (Å²) in [6, 6.07) is 4.49. The molecule has 98 valence electrons. The lowest BCUT2D eigenvalue weighted by atomic mass is 9.91. The Kier molecular flexibility index (Phi) is 3.56. The molecule has 1 aliphatic rings. The van der Waals surface area contributed by atoms with Crippen molar-refractivity contribution < 1.29 is 10.0 Å². The van der Waals surface area contributed by atoms with Crippen LogP contribution < -0.4 is 0 Å². The number of rotatable bonds is 4. The third kappa shape index (κ3) is 2.63. The molecule has 1 fully saturated rings. The number of aliphatic hydroxyl groups is 1. The molecule has 0 bridgehead atoms. The molecule has 1 aromatic rings. The number of non-ortho nitro benzene ring substituents is 1. The van der Waals surface area contributed by atoms with Crippen LogP contribution in [0.25, 0.3) is 0 Å². The summed E-state index contributed by atoms with van der Waals surface area (Å²) in [7, 11) is 0. The molecule has 5 nitrogen and oxygen atoms in total. The first-order chi connectivity index (χ1) is 8.43. The summed E-state index contributed by atoms with van der Waals surface area (Å²) >= 11 is 6.01. The second kappa shape index (κ2) is 4.84. The number of nitrogens with zero attached hydrogens (tertiary/aromatic N) is 2. The minimum atomic E-state index is -0.576. The van der Waals surface area contributed by atoms with Gasteiger partial charge in [0.2, 0.25) is 0 Å². The second-order valence-electron chi connectivity index (χ2n) is 4.76. The van der Waals surface area contributed by atoms with Gasteiger partial charge in [-0.15, -0.1) is 0 Å². The van der Waals surface area contributed by atoms with Crippen molar-refractivity contribution in [2.24, 2.45) is 0 Å². The monoisotopic (exact) mass is 270 g/mol. The summed E-state index contributed by atoms with van der Waals surface area (Å²) in [5.41, 5.74) is 0.269. The van der Waals surface area contributed by atoms with Crippen molar-refractivity contribution in [3.05, 3.63) is 38.9 Å². The van der Waals surface area contributed by atoms with E-state index in [-0.39, 0.29) is 5.69 Å². The van der Waals surface area contributed by atoms with E-state index >= 15 is 0 Å². The maximum Gasteiger partial charge on any atom is 0.270 e. The van der Waals surface area contributed by atoms with Crippen molar-refractivity contribution in [2.75, 3.05) is 13.1 Å². The normalized spacial score (nSPS) is 18.4. The van der Waals surface area contributed by atoms with Crippen LogP contribution >= 0.6 is 11.6 Å². The minimum Gasteiger partial charge on any atom is -0.387 e. The molecule has 0 radical (unpaired) electrons. The Balaban J connectivity index is 2.01. The number of β-amino-alcohol motifs (C(OH)–C–C–N with tert-alkyl or cyclic N) is 1. The van der Waals surface area contributed by atoms with E-state index in [4.69, 9.17) is 11.6 Å². The van der Waals surface area contributed by atoms with Gasteiger partial charge in [-0.2, -0.15) is 0 Å². The van der Waals surface area contributed by atoms with Gasteiger partial charge >= 0.3 is 0 Å². The largest absolute Gasteiger partial charge is 0.387 e. The van der Waals surface area contributed by atoms with Crippen molar-refractivity contribution in [1.82, 2.24) is 4.90 Å². The fourth-order valence-electron chi connectivity index (χ4n) is 2.14. The summed E-state index contributed by atoms with van der Waals surface area (Å²) < 4.78 is 0. The Hall–Kier alpha value is -1.17. The van der Waals surface area contributed by atoms with Gasteiger partial charge < -0.3 is 5.11 Å². The van der Waals surface area contributed by atoms with Crippen LogP contribution in [0.4, 0.5) is 5.69 Å². The number of nitro benzene ring substituents is 1. The maximum absolute atomic E-state index is 10.6. The molecule has 0 unspecified atom stereocenters. The van der Waals surface area contributed by atoms with E-state index in [0.717, 1.165) is 12.0 Å². The summed E-state index contributed by atoms with van der Waals surface area (Å²) in [6.45, 7) is 3.81. The zero-order valence-electron chi connectivity index (χ0n) is 10.1. The van der Waals surface area contributed by atoms with E-state index in [1.807, 2.05) is 6.92 Å². The van der Waals surface area contributed by atoms with E-state index < -0.39 is 10.5 Å². The zero-order chi connectivity index (χ0) is 13.3. The number of halogens is 1. The number of likely N-dealkylation sites (tertiary alicyclic amines) is 1. The lowest BCUT2D eigenvalue weighted by Gasteiger charge is -2.46. The van der Waals surface area contributed by atoms with Crippen LogP contribution in [0.5, 0.6) is 0 Å². The molecular formula is C12H15ClN2O3. The molecule has 6 heteroatoms. The lowest BCUT2D eigenvalue weighted by Crippen LogP contribution is -2.60. The number of nitro groups is 1. The summed E-state index contributed by atoms with van der Waals surface area (Å²) in [4.78, 5) is 12.2. The number of hydrogen-bond acceptors (Lipinski definition) is 4. The first-order valence-corrected chi connectivity index (χ1v) is 6.19. The van der Waals surface area contributed by atoms with Gasteiger partial charge in [0.15, 0.2) is 0 Å². The van der Waals surface area contributed by atoms with Crippen molar-refractivity contribution in [3.63, 3.8) is 0 Å². The van der Waals surface area contributed by atoms with E-state index in [1.54, 1.807) is 6.07 Å². The highest BCUT2D eigenvalue weighted by atomic mass is 35.5. The highest BCUT2D eigenvalue weighted by Gasteiger charge is 2.39. The molecule has 1 aliphatic heterocycles. The van der Waals surface area contributed by atoms with Crippen LogP contribution in [0.3, 0.4) is 0 Å². The van der Waals surface area contributed by atoms with Gasteiger partial charge in [-0.25, -0.2) is 0 Å². The third-order valence-corrected chi connectivity index (χ3v) is 3.69. The lowest BCUT2D eigenvalue weighted by molar-refractivity contribution is -0.384. The molecule has 1 saturated heterocycles. The average Bonchev–Trinajstić information content (AvgIpc) is 2.29. The van der Waals surface area contributed by atoms with Crippen LogP contribution in [0.2, 0.25) is 5.02 Å². The second-order valence-corrected chi connectivity index (χ2v) is 5.16. The van der Waals surface area contributed by atoms with Crippen LogP contribution in [-0.4, -0.2) is 33.6 Å². The number of hydrogen-bond donors (Lipinski definition) is 1. The smallest absolute Gasteiger partial charge is 0.270 e. The summed E-state index contributed by atoms with van der Waals surface area (Å²) in [5.74, 6) is 0. The van der Waals surface area contributed by atoms with Crippen LogP contribution in [0.15, 0.2) is 18.2 Å². The standard InChI is InChI=1S/C12H15ClN2O3/c1-2-12(16)7-14(8-12)6-9-3-4-10(15(17)18)5-11(9)13/h3-5,16H,2,6-8H2,1H3. The Morgan fingerprint density at radius 1 is 1.56 bits per heavy atom. The van der Waals surface area contributed by atoms with Crippen LogP contribution in [0, 0.1) is 10.1 Å². The van der Waals surface area contributed by atoms with Crippen LogP contribution in [-0.2, 0) is 6.54 Å². The molecule has 0 aromatic heterocycles. The minimum absolute atomic E-state index is 0.00239. The zero-order valence-corrected chi connectivity index (χ0v) is 10.9. The quantitative estimate of drug-likeness (QED) is 0.673. The van der Waals surface area contributed by atoms with E-state index in [0.29, 0.717) is 24.7 Å². The highest BCUT2D eigenvalue weighted by molar-refractivity contribution is 6.31. The number of benzene rings is 1. The van der Waals surface area contributed by atoms with Gasteiger partial charge in [0.1, 0.15) is 0 Å². The fourth-order valence-corrected chi connectivity index (χ4v) is 2.38. The molecule has 0 atom stereocenters. The van der Waals surface area contributed by atoms with Gasteiger partial charge in [0.25, 0.3) is 5.69 Å². The molecule has 0 aliphatic carbocycles. The molecule has 2 rings (SSSR count). The molecule has 1 heterocycles. The predicted octanol–water partition coefficient (Wildman–Crippen LogP) is 2.20. The average molecular weight is 271 g/mol. The van der Waals surface area contributed by atoms with Crippen molar-refractivity contribution in [2.45, 2.75) is 25.5 Å². The van der Waals surface area contributed by atoms with Crippen molar-refractivity contribution in [3.8, 4) is 0 Å². The summed E-state index contributed by atoms with van der Waals surface area (Å²) in [5, 5.41) is 20.9. The van der Waals surface area contributed by atoms with E-state index in [2.05, 4.69) is 4.90 Å². The van der Waals surface area contributed by atoms with E-state index in [9.17, 15) is 15.2 Å². The Bertz CT molecular complexity index is 472. The third-order valence-electron chi connectivity index (χ3n) is 3.34. The van der Waals surface area contributed by atoms with Gasteiger partial charge in [-0.1, -0.05) is 18.5 Å². The topological polar surface area (TPSA) is 66.6 Å². The maximum atomic E-state index is 10.6. The Labute approximate surface area is 110 Å². The summed E-state index contributed by atoms with van der Waals surface area (Å²) in [6.07, 6.45) is 0.734. The molecular weight excluding hydrogens is 256 g/mol. The molecule has 0 saturated carbocycles. The fraction of sp³-hybridized carbons (Fsp3) is 0.500. The van der Waals surface area contributed by atoms with Gasteiger partial charge in [-0.05, 0) is 18.1 Å².